The lowest BCUT2D eigenvalue weighted by Gasteiger charge is -2.11. The van der Waals surface area contributed by atoms with Crippen molar-refractivity contribution < 1.29 is 9.59 Å². The highest BCUT2D eigenvalue weighted by molar-refractivity contribution is 9.10. The molecule has 0 saturated heterocycles. The van der Waals surface area contributed by atoms with E-state index >= 15 is 0 Å². The Kier molecular flexibility index (Phi) is 4.59. The van der Waals surface area contributed by atoms with Crippen LogP contribution in [0.3, 0.4) is 0 Å². The molecule has 2 amide bonds. The Hall–Kier alpha value is -2.34. The minimum absolute atomic E-state index is 0.266. The van der Waals surface area contributed by atoms with Crippen LogP contribution in [0.1, 0.15) is 20.7 Å². The normalized spacial score (nSPS) is 10.0. The van der Waals surface area contributed by atoms with Crippen molar-refractivity contribution in [3.8, 4) is 0 Å². The zero-order chi connectivity index (χ0) is 15.4. The SMILES string of the molecule is CNC(=O)c1ccccc1NC(=O)c1cc(N)ccc1Br. The van der Waals surface area contributed by atoms with E-state index in [1.807, 2.05) is 0 Å². The minimum atomic E-state index is -0.342. The van der Waals surface area contributed by atoms with E-state index < -0.39 is 0 Å². The number of halogens is 1. The molecule has 0 aliphatic rings. The first-order valence-corrected chi connectivity index (χ1v) is 6.99. The molecule has 0 unspecified atom stereocenters. The third-order valence-electron chi connectivity index (χ3n) is 2.88. The van der Waals surface area contributed by atoms with Crippen LogP contribution in [0.5, 0.6) is 0 Å². The van der Waals surface area contributed by atoms with E-state index in [1.165, 1.54) is 7.05 Å². The number of rotatable bonds is 3. The first-order chi connectivity index (χ1) is 10.0. The standard InChI is InChI=1S/C15H14BrN3O2/c1-18-14(20)10-4-2-3-5-13(10)19-15(21)11-8-9(17)6-7-12(11)16/h2-8H,17H2,1H3,(H,18,20)(H,19,21). The third kappa shape index (κ3) is 3.41. The first-order valence-electron chi connectivity index (χ1n) is 6.20. The van der Waals surface area contributed by atoms with E-state index in [1.54, 1.807) is 42.5 Å². The maximum atomic E-state index is 12.3. The van der Waals surface area contributed by atoms with E-state index in [0.717, 1.165) is 0 Å². The number of nitrogens with one attached hydrogen (secondary N) is 2. The number of anilines is 2. The summed E-state index contributed by atoms with van der Waals surface area (Å²) in [6.07, 6.45) is 0. The summed E-state index contributed by atoms with van der Waals surface area (Å²) >= 11 is 3.31. The zero-order valence-electron chi connectivity index (χ0n) is 11.3. The minimum Gasteiger partial charge on any atom is -0.399 e. The highest BCUT2D eigenvalue weighted by Crippen LogP contribution is 2.22. The van der Waals surface area contributed by atoms with Gasteiger partial charge in [0.2, 0.25) is 0 Å². The summed E-state index contributed by atoms with van der Waals surface area (Å²) in [4.78, 5) is 24.1. The van der Waals surface area contributed by atoms with Gasteiger partial charge in [-0.1, -0.05) is 12.1 Å². The van der Waals surface area contributed by atoms with Gasteiger partial charge in [-0.05, 0) is 46.3 Å². The lowest BCUT2D eigenvalue weighted by molar-refractivity contribution is 0.0964. The number of nitrogens with two attached hydrogens (primary N) is 1. The summed E-state index contributed by atoms with van der Waals surface area (Å²) < 4.78 is 0.631. The second-order valence-corrected chi connectivity index (χ2v) is 5.17. The Labute approximate surface area is 130 Å². The summed E-state index contributed by atoms with van der Waals surface area (Å²) in [5, 5.41) is 5.26. The molecule has 0 heterocycles. The molecule has 2 rings (SSSR count). The number of carbonyl (C=O) groups is 2. The molecule has 0 aromatic heterocycles. The Morgan fingerprint density at radius 2 is 1.76 bits per heavy atom. The third-order valence-corrected chi connectivity index (χ3v) is 3.57. The average Bonchev–Trinajstić information content (AvgIpc) is 2.49. The topological polar surface area (TPSA) is 84.2 Å². The van der Waals surface area contributed by atoms with Crippen molar-refractivity contribution >= 4 is 39.1 Å². The molecule has 0 atom stereocenters. The van der Waals surface area contributed by atoms with Crippen LogP contribution in [-0.2, 0) is 0 Å². The molecule has 21 heavy (non-hydrogen) atoms. The fourth-order valence-electron chi connectivity index (χ4n) is 1.83. The Bertz CT molecular complexity index is 701. The Balaban J connectivity index is 2.32. The van der Waals surface area contributed by atoms with Gasteiger partial charge in [-0.3, -0.25) is 9.59 Å². The lowest BCUT2D eigenvalue weighted by Crippen LogP contribution is -2.21. The molecule has 0 radical (unpaired) electrons. The molecule has 6 heteroatoms. The number of hydrogen-bond donors (Lipinski definition) is 3. The number of nitrogen functional groups attached to an aromatic ring is 1. The van der Waals surface area contributed by atoms with Gasteiger partial charge in [0.15, 0.2) is 0 Å². The largest absolute Gasteiger partial charge is 0.399 e. The average molecular weight is 348 g/mol. The van der Waals surface area contributed by atoms with Gasteiger partial charge in [-0.15, -0.1) is 0 Å². The molecular formula is C15H14BrN3O2. The van der Waals surface area contributed by atoms with Gasteiger partial charge in [0.25, 0.3) is 11.8 Å². The number of para-hydroxylation sites is 1. The molecular weight excluding hydrogens is 334 g/mol. The van der Waals surface area contributed by atoms with E-state index in [-0.39, 0.29) is 11.8 Å². The highest BCUT2D eigenvalue weighted by atomic mass is 79.9. The van der Waals surface area contributed by atoms with Crippen LogP contribution in [0.25, 0.3) is 0 Å². The van der Waals surface area contributed by atoms with Gasteiger partial charge in [0, 0.05) is 17.2 Å². The van der Waals surface area contributed by atoms with Crippen molar-refractivity contribution in [2.45, 2.75) is 0 Å². The van der Waals surface area contributed by atoms with Gasteiger partial charge in [-0.2, -0.15) is 0 Å². The maximum Gasteiger partial charge on any atom is 0.256 e. The van der Waals surface area contributed by atoms with Crippen LogP contribution in [0.4, 0.5) is 11.4 Å². The second-order valence-electron chi connectivity index (χ2n) is 4.32. The van der Waals surface area contributed by atoms with Gasteiger partial charge in [0.05, 0.1) is 16.8 Å². The Morgan fingerprint density at radius 3 is 2.48 bits per heavy atom. The number of hydrogen-bond acceptors (Lipinski definition) is 3. The molecule has 2 aromatic carbocycles. The molecule has 108 valence electrons. The van der Waals surface area contributed by atoms with Gasteiger partial charge < -0.3 is 16.4 Å². The first kappa shape index (κ1) is 15.1. The van der Waals surface area contributed by atoms with E-state index in [0.29, 0.717) is 27.0 Å². The van der Waals surface area contributed by atoms with Gasteiger partial charge >= 0.3 is 0 Å². The number of amides is 2. The predicted molar refractivity (Wildman–Crippen MR) is 86.3 cm³/mol. The predicted octanol–water partition coefficient (Wildman–Crippen LogP) is 2.64. The zero-order valence-corrected chi connectivity index (χ0v) is 12.9. The molecule has 0 bridgehead atoms. The fourth-order valence-corrected chi connectivity index (χ4v) is 2.26. The molecule has 2 aromatic rings. The maximum absolute atomic E-state index is 12.3. The van der Waals surface area contributed by atoms with Crippen molar-refractivity contribution in [2.24, 2.45) is 0 Å². The molecule has 0 spiro atoms. The quantitative estimate of drug-likeness (QED) is 0.746. The number of benzene rings is 2. The van der Waals surface area contributed by atoms with Gasteiger partial charge in [-0.25, -0.2) is 0 Å². The van der Waals surface area contributed by atoms with E-state index in [2.05, 4.69) is 26.6 Å². The van der Waals surface area contributed by atoms with Crippen LogP contribution in [0.2, 0.25) is 0 Å². The van der Waals surface area contributed by atoms with Crippen LogP contribution in [0, 0.1) is 0 Å². The van der Waals surface area contributed by atoms with E-state index in [4.69, 9.17) is 5.73 Å². The van der Waals surface area contributed by atoms with Crippen molar-refractivity contribution in [3.05, 3.63) is 58.1 Å². The van der Waals surface area contributed by atoms with Crippen molar-refractivity contribution in [1.29, 1.82) is 0 Å². The summed E-state index contributed by atoms with van der Waals surface area (Å²) in [5.41, 5.74) is 7.42. The molecule has 0 saturated carbocycles. The second kappa shape index (κ2) is 6.41. The van der Waals surface area contributed by atoms with Crippen LogP contribution in [0.15, 0.2) is 46.9 Å². The van der Waals surface area contributed by atoms with Crippen LogP contribution in [-0.4, -0.2) is 18.9 Å². The smallest absolute Gasteiger partial charge is 0.256 e. The molecule has 5 nitrogen and oxygen atoms in total. The molecule has 0 fully saturated rings. The molecule has 0 aliphatic heterocycles. The summed E-state index contributed by atoms with van der Waals surface area (Å²) in [7, 11) is 1.54. The summed E-state index contributed by atoms with van der Waals surface area (Å²) in [6, 6.07) is 11.8. The van der Waals surface area contributed by atoms with E-state index in [9.17, 15) is 9.59 Å². The number of carbonyl (C=O) groups excluding carboxylic acids is 2. The monoisotopic (exact) mass is 347 g/mol. The molecule has 4 N–H and O–H groups in total. The Morgan fingerprint density at radius 1 is 1.05 bits per heavy atom. The summed E-state index contributed by atoms with van der Waals surface area (Å²) in [6.45, 7) is 0. The lowest BCUT2D eigenvalue weighted by atomic mass is 10.1. The van der Waals surface area contributed by atoms with Crippen LogP contribution < -0.4 is 16.4 Å². The van der Waals surface area contributed by atoms with Gasteiger partial charge in [0.1, 0.15) is 0 Å². The molecule has 0 aliphatic carbocycles. The van der Waals surface area contributed by atoms with Crippen molar-refractivity contribution in [3.63, 3.8) is 0 Å². The highest BCUT2D eigenvalue weighted by Gasteiger charge is 2.15. The fraction of sp³-hybridized carbons (Fsp3) is 0.0667. The van der Waals surface area contributed by atoms with Crippen molar-refractivity contribution in [1.82, 2.24) is 5.32 Å². The summed E-state index contributed by atoms with van der Waals surface area (Å²) in [5.74, 6) is -0.608. The van der Waals surface area contributed by atoms with Crippen molar-refractivity contribution in [2.75, 3.05) is 18.1 Å². The van der Waals surface area contributed by atoms with Crippen LogP contribution >= 0.6 is 15.9 Å².